The zero-order valence-corrected chi connectivity index (χ0v) is 13.1. The van der Waals surface area contributed by atoms with E-state index in [9.17, 15) is 4.79 Å². The molecule has 1 saturated heterocycles. The lowest BCUT2D eigenvalue weighted by Gasteiger charge is -2.24. The molecule has 1 aliphatic rings. The highest BCUT2D eigenvalue weighted by Crippen LogP contribution is 2.26. The molecule has 0 saturated carbocycles. The normalized spacial score (nSPS) is 17.9. The molecule has 1 amide bonds. The highest BCUT2D eigenvalue weighted by molar-refractivity contribution is 5.96. The van der Waals surface area contributed by atoms with Gasteiger partial charge >= 0.3 is 0 Å². The van der Waals surface area contributed by atoms with E-state index in [0.717, 1.165) is 32.2 Å². The van der Waals surface area contributed by atoms with E-state index in [1.807, 2.05) is 36.4 Å². The lowest BCUT2D eigenvalue weighted by atomic mass is 10.0. The Morgan fingerprint density at radius 1 is 1.36 bits per heavy atom. The zero-order chi connectivity index (χ0) is 15.5. The number of aromatic nitrogens is 2. The molecule has 1 fully saturated rings. The number of rotatable bonds is 4. The topological polar surface area (TPSA) is 59.2 Å². The van der Waals surface area contributed by atoms with Crippen molar-refractivity contribution in [1.82, 2.24) is 15.0 Å². The zero-order valence-electron chi connectivity index (χ0n) is 13.1. The van der Waals surface area contributed by atoms with E-state index in [1.165, 1.54) is 5.56 Å². The minimum absolute atomic E-state index is 0.0634. The first-order valence-corrected chi connectivity index (χ1v) is 7.79. The molecule has 22 heavy (non-hydrogen) atoms. The van der Waals surface area contributed by atoms with Crippen LogP contribution in [0.15, 0.2) is 29.0 Å². The number of pyridine rings is 1. The van der Waals surface area contributed by atoms with Crippen LogP contribution in [0.1, 0.15) is 46.6 Å². The number of carbonyl (C=O) groups is 1. The summed E-state index contributed by atoms with van der Waals surface area (Å²) in [7, 11) is 0. The van der Waals surface area contributed by atoms with E-state index in [1.54, 1.807) is 6.92 Å². The lowest BCUT2D eigenvalue weighted by molar-refractivity contribution is 0.0728. The van der Waals surface area contributed by atoms with Crippen molar-refractivity contribution >= 4 is 5.91 Å². The van der Waals surface area contributed by atoms with E-state index >= 15 is 0 Å². The van der Waals surface area contributed by atoms with Crippen LogP contribution in [0.3, 0.4) is 0 Å². The van der Waals surface area contributed by atoms with Crippen molar-refractivity contribution in [2.45, 2.75) is 45.6 Å². The molecule has 0 radical (unpaired) electrons. The van der Waals surface area contributed by atoms with Crippen molar-refractivity contribution in [3.05, 3.63) is 47.1 Å². The van der Waals surface area contributed by atoms with Crippen molar-refractivity contribution < 1.29 is 9.32 Å². The van der Waals surface area contributed by atoms with Gasteiger partial charge in [-0.3, -0.25) is 9.78 Å². The predicted molar refractivity (Wildman–Crippen MR) is 82.6 cm³/mol. The van der Waals surface area contributed by atoms with Crippen molar-refractivity contribution in [3.8, 4) is 0 Å². The second kappa shape index (κ2) is 6.30. The number of hydrogen-bond acceptors (Lipinski definition) is 4. The third kappa shape index (κ3) is 2.89. The van der Waals surface area contributed by atoms with Gasteiger partial charge in [-0.1, -0.05) is 5.16 Å². The average molecular weight is 299 g/mol. The van der Waals surface area contributed by atoms with Gasteiger partial charge in [0.2, 0.25) is 0 Å². The molecule has 0 aliphatic carbocycles. The summed E-state index contributed by atoms with van der Waals surface area (Å²) >= 11 is 0. The molecule has 116 valence electrons. The third-order valence-corrected chi connectivity index (χ3v) is 4.40. The van der Waals surface area contributed by atoms with Gasteiger partial charge in [0.05, 0.1) is 5.69 Å². The summed E-state index contributed by atoms with van der Waals surface area (Å²) in [6.07, 6.45) is 7.72. The number of likely N-dealkylation sites (tertiary alicyclic amines) is 1. The SMILES string of the molecule is Cc1noc(C)c1C(=O)N1CCC[C@@H]1CCc1ccncc1. The number of nitrogens with zero attached hydrogens (tertiary/aromatic N) is 3. The molecular formula is C17H21N3O2. The second-order valence-corrected chi connectivity index (χ2v) is 5.89. The molecule has 3 heterocycles. The molecule has 0 aromatic carbocycles. The molecule has 2 aromatic heterocycles. The first-order chi connectivity index (χ1) is 10.7. The van der Waals surface area contributed by atoms with E-state index < -0.39 is 0 Å². The summed E-state index contributed by atoms with van der Waals surface area (Å²) in [6, 6.07) is 4.37. The number of hydrogen-bond donors (Lipinski definition) is 0. The van der Waals surface area contributed by atoms with Gasteiger partial charge in [-0.25, -0.2) is 0 Å². The van der Waals surface area contributed by atoms with Crippen LogP contribution < -0.4 is 0 Å². The van der Waals surface area contributed by atoms with Gasteiger partial charge in [-0.15, -0.1) is 0 Å². The van der Waals surface area contributed by atoms with E-state index in [2.05, 4.69) is 10.1 Å². The Labute approximate surface area is 130 Å². The van der Waals surface area contributed by atoms with Crippen LogP contribution in [-0.2, 0) is 6.42 Å². The summed E-state index contributed by atoms with van der Waals surface area (Å²) in [4.78, 5) is 18.8. The van der Waals surface area contributed by atoms with Crippen LogP contribution in [-0.4, -0.2) is 33.5 Å². The summed E-state index contributed by atoms with van der Waals surface area (Å²) in [5.74, 6) is 0.677. The maximum absolute atomic E-state index is 12.8. The van der Waals surface area contributed by atoms with Gasteiger partial charge in [0.15, 0.2) is 0 Å². The summed E-state index contributed by atoms with van der Waals surface area (Å²) in [5.41, 5.74) is 2.59. The first-order valence-electron chi connectivity index (χ1n) is 7.79. The molecule has 1 atom stereocenters. The number of aryl methyl sites for hydroxylation is 3. The molecule has 0 N–H and O–H groups in total. The van der Waals surface area contributed by atoms with Crippen molar-refractivity contribution in [2.24, 2.45) is 0 Å². The van der Waals surface area contributed by atoms with E-state index in [4.69, 9.17) is 4.52 Å². The lowest BCUT2D eigenvalue weighted by Crippen LogP contribution is -2.36. The minimum atomic E-state index is 0.0634. The molecule has 2 aromatic rings. The summed E-state index contributed by atoms with van der Waals surface area (Å²) < 4.78 is 5.14. The van der Waals surface area contributed by atoms with Crippen molar-refractivity contribution in [2.75, 3.05) is 6.54 Å². The largest absolute Gasteiger partial charge is 0.361 e. The van der Waals surface area contributed by atoms with Crippen LogP contribution in [0.5, 0.6) is 0 Å². The van der Waals surface area contributed by atoms with E-state index in [0.29, 0.717) is 23.1 Å². The molecule has 3 rings (SSSR count). The molecule has 0 unspecified atom stereocenters. The Hall–Kier alpha value is -2.17. The van der Waals surface area contributed by atoms with Crippen LogP contribution in [0.25, 0.3) is 0 Å². The number of carbonyl (C=O) groups excluding carboxylic acids is 1. The fraction of sp³-hybridized carbons (Fsp3) is 0.471. The Morgan fingerprint density at radius 2 is 2.14 bits per heavy atom. The van der Waals surface area contributed by atoms with Crippen molar-refractivity contribution in [3.63, 3.8) is 0 Å². The van der Waals surface area contributed by atoms with Crippen LogP contribution in [0.4, 0.5) is 0 Å². The van der Waals surface area contributed by atoms with Gasteiger partial charge in [0.25, 0.3) is 5.91 Å². The minimum Gasteiger partial charge on any atom is -0.361 e. The summed E-state index contributed by atoms with van der Waals surface area (Å²) in [5, 5.41) is 3.90. The highest BCUT2D eigenvalue weighted by Gasteiger charge is 2.32. The standard InChI is InChI=1S/C17H21N3O2/c1-12-16(13(2)22-19-12)17(21)20-11-3-4-15(20)6-5-14-7-9-18-10-8-14/h7-10,15H,3-6,11H2,1-2H3/t15-/m1/s1. The fourth-order valence-electron chi connectivity index (χ4n) is 3.22. The highest BCUT2D eigenvalue weighted by atomic mass is 16.5. The Morgan fingerprint density at radius 3 is 2.82 bits per heavy atom. The fourth-order valence-corrected chi connectivity index (χ4v) is 3.22. The molecule has 1 aliphatic heterocycles. The smallest absolute Gasteiger partial charge is 0.259 e. The molecular weight excluding hydrogens is 278 g/mol. The van der Waals surface area contributed by atoms with Crippen LogP contribution in [0.2, 0.25) is 0 Å². The van der Waals surface area contributed by atoms with Crippen LogP contribution >= 0.6 is 0 Å². The van der Waals surface area contributed by atoms with Gasteiger partial charge in [-0.2, -0.15) is 0 Å². The second-order valence-electron chi connectivity index (χ2n) is 5.89. The predicted octanol–water partition coefficient (Wildman–Crippen LogP) is 2.92. The average Bonchev–Trinajstić information content (AvgIpc) is 3.12. The first kappa shape index (κ1) is 14.8. The monoisotopic (exact) mass is 299 g/mol. The molecule has 5 nitrogen and oxygen atoms in total. The maximum Gasteiger partial charge on any atom is 0.259 e. The van der Waals surface area contributed by atoms with Gasteiger partial charge in [0, 0.05) is 25.0 Å². The maximum atomic E-state index is 12.8. The Bertz CT molecular complexity index is 632. The molecule has 0 bridgehead atoms. The third-order valence-electron chi connectivity index (χ3n) is 4.40. The van der Waals surface area contributed by atoms with Gasteiger partial charge in [0.1, 0.15) is 11.3 Å². The molecule has 5 heteroatoms. The van der Waals surface area contributed by atoms with E-state index in [-0.39, 0.29) is 5.91 Å². The van der Waals surface area contributed by atoms with Gasteiger partial charge < -0.3 is 9.42 Å². The van der Waals surface area contributed by atoms with Gasteiger partial charge in [-0.05, 0) is 57.2 Å². The van der Waals surface area contributed by atoms with Crippen LogP contribution in [0, 0.1) is 13.8 Å². The quantitative estimate of drug-likeness (QED) is 0.871. The Kier molecular flexibility index (Phi) is 4.22. The Balaban J connectivity index is 1.69. The van der Waals surface area contributed by atoms with Crippen molar-refractivity contribution in [1.29, 1.82) is 0 Å². The molecule has 0 spiro atoms. The number of amides is 1. The summed E-state index contributed by atoms with van der Waals surface area (Å²) in [6.45, 7) is 4.45.